The van der Waals surface area contributed by atoms with Crippen molar-refractivity contribution in [1.82, 2.24) is 27.4 Å². The van der Waals surface area contributed by atoms with E-state index < -0.39 is 0 Å². The van der Waals surface area contributed by atoms with Crippen LogP contribution < -0.4 is 32.0 Å². The summed E-state index contributed by atoms with van der Waals surface area (Å²) in [5.41, 5.74) is 35.0. The SMILES string of the molecule is CC(C)c1cccc(C(C)C)c1-n1c(-c2cccn2C)[n+](C)c2ccccc21.CC(C)c1cccc(C(C)C)c1-n1cc[n+](C)c1-c1cccn1C.Cc1cc[n+](C)c(-c2ccccc2C)c1.Cc1ccc(-c2ccccc2C)[n+](C)c1.Cc1ccccc1-c1c(C)ccc[n+]1C.Cc1ccccc1-c1cccc[n+]1C.Cn1cccc1-c1n(-c2ccccc2)cc[n+]1C. The molecule has 0 aliphatic carbocycles. The van der Waals surface area contributed by atoms with Crippen molar-refractivity contribution in [1.29, 1.82) is 0 Å². The maximum atomic E-state index is 2.48. The average Bonchev–Trinajstić information content (AvgIpc) is 1.58. The zero-order valence-electron chi connectivity index (χ0n) is 81.0. The minimum atomic E-state index is 0.446. The zero-order valence-corrected chi connectivity index (χ0v) is 81.0. The fourth-order valence-corrected chi connectivity index (χ4v) is 17.4. The Morgan fingerprint density at radius 2 is 0.667 bits per heavy atom. The molecule has 0 amide bonds. The van der Waals surface area contributed by atoms with Crippen LogP contribution in [0.15, 0.2) is 347 Å². The third kappa shape index (κ3) is 21.9. The second-order valence-corrected chi connectivity index (χ2v) is 35.5. The third-order valence-corrected chi connectivity index (χ3v) is 24.4. The number of hydrogen-bond donors (Lipinski definition) is 0. The summed E-state index contributed by atoms with van der Waals surface area (Å²) >= 11 is 0. The lowest BCUT2D eigenvalue weighted by Gasteiger charge is -2.18. The van der Waals surface area contributed by atoms with E-state index in [9.17, 15) is 0 Å². The van der Waals surface area contributed by atoms with Crippen LogP contribution in [-0.2, 0) is 70.5 Å². The highest BCUT2D eigenvalue weighted by Gasteiger charge is 2.33. The van der Waals surface area contributed by atoms with Crippen LogP contribution in [0.2, 0.25) is 0 Å². The molecule has 0 aliphatic heterocycles. The fourth-order valence-electron chi connectivity index (χ4n) is 17.4. The fraction of sp³-hybridized carbons (Fsp3) is 0.250. The molecule has 0 unspecified atom stereocenters. The zero-order chi connectivity index (χ0) is 92.4. The standard InChI is InChI=1S/C25H30N3.C21H28N3.C15H16N3.3C14H16N.C13H14N/c1-17(2)19-11-9-12-20(18(3)4)24(19)28-22-14-8-7-13-21(22)27(6)25(28)23-15-10-16-26(23)5;1-15(2)17-9-7-10-18(16(3)4)20(17)24-14-13-23(6)21(24)19-11-8-12-22(19)5;1-16-10-6-9-14(16)15-17(2)11-12-18(15)13-7-4-3-5-8-13;1-11-7-4-5-9-13(11)14-12(2)8-6-10-15(14)3;1-11-8-9-15(3)14(10-11)13-7-5-4-6-12(13)2;1-11-8-9-14(15(3)10-11)13-7-5-4-6-12(13)2;1-11-7-3-4-8-12(11)13-9-5-6-10-14(13)2/h7-18H,1-6H3;7-16H,1-6H3;3-12H,1-2H3;3*4-10H,1-3H3;3-10H,1-2H3/q7*+1. The number of aryl methyl sites for hydroxylation is 17. The molecule has 0 spiro atoms. The first-order valence-corrected chi connectivity index (χ1v) is 45.3. The molecule has 18 rings (SSSR count). The number of aromatic nitrogens is 13. The maximum absolute atomic E-state index is 2.48. The van der Waals surface area contributed by atoms with Crippen LogP contribution in [0.25, 0.3) is 108 Å². The Hall–Kier alpha value is -13.9. The lowest BCUT2D eigenvalue weighted by Crippen LogP contribution is -2.31. The highest BCUT2D eigenvalue weighted by atomic mass is 15.2. The summed E-state index contributed by atoms with van der Waals surface area (Å²) < 4.78 is 28.9. The van der Waals surface area contributed by atoms with Gasteiger partial charge in [-0.25, -0.2) is 32.0 Å². The number of pyridine rings is 4. The van der Waals surface area contributed by atoms with Gasteiger partial charge < -0.3 is 13.7 Å². The van der Waals surface area contributed by atoms with Gasteiger partial charge >= 0.3 is 17.5 Å². The third-order valence-electron chi connectivity index (χ3n) is 24.4. The van der Waals surface area contributed by atoms with Crippen molar-refractivity contribution in [2.75, 3.05) is 0 Å². The van der Waals surface area contributed by atoms with Crippen LogP contribution in [0.4, 0.5) is 0 Å². The first kappa shape index (κ1) is 94.2. The van der Waals surface area contributed by atoms with Crippen molar-refractivity contribution >= 4 is 11.0 Å². The van der Waals surface area contributed by atoms with Crippen LogP contribution in [0.3, 0.4) is 0 Å². The molecule has 13 nitrogen and oxygen atoms in total. The van der Waals surface area contributed by atoms with Crippen LogP contribution in [0, 0.1) is 48.5 Å². The molecule has 13 heteroatoms. The quantitative estimate of drug-likeness (QED) is 0.0975. The molecule has 0 aliphatic rings. The number of rotatable bonds is 14. The predicted octanol–water partition coefficient (Wildman–Crippen LogP) is 23.4. The van der Waals surface area contributed by atoms with Gasteiger partial charge in [0.2, 0.25) is 22.8 Å². The van der Waals surface area contributed by atoms with Gasteiger partial charge in [0, 0.05) is 132 Å². The van der Waals surface area contributed by atoms with Gasteiger partial charge in [0.25, 0.3) is 0 Å². The van der Waals surface area contributed by atoms with Gasteiger partial charge in [-0.15, -0.1) is 0 Å². The van der Waals surface area contributed by atoms with Crippen molar-refractivity contribution in [3.8, 4) is 96.6 Å². The normalized spacial score (nSPS) is 11.0. The summed E-state index contributed by atoms with van der Waals surface area (Å²) in [6.07, 6.45) is 23.2. The molecule has 0 saturated heterocycles. The van der Waals surface area contributed by atoms with E-state index >= 15 is 0 Å². The Bertz CT molecular complexity index is 6680. The molecule has 18 aromatic rings. The largest absolute Gasteiger partial charge is 0.344 e. The van der Waals surface area contributed by atoms with Crippen molar-refractivity contribution in [2.45, 2.75) is 128 Å². The molecule has 0 bridgehead atoms. The van der Waals surface area contributed by atoms with Gasteiger partial charge in [0.1, 0.15) is 87.1 Å². The second kappa shape index (κ2) is 43.1. The molecular weight excluding hydrogens is 1580 g/mol. The molecule has 0 fully saturated rings. The maximum Gasteiger partial charge on any atom is 0.311 e. The molecule has 129 heavy (non-hydrogen) atoms. The van der Waals surface area contributed by atoms with E-state index in [1.807, 2.05) is 12.1 Å². The lowest BCUT2D eigenvalue weighted by atomic mass is 9.92. The Morgan fingerprint density at radius 3 is 1.13 bits per heavy atom. The van der Waals surface area contributed by atoms with Gasteiger partial charge in [-0.05, 0) is 203 Å². The molecule has 8 aromatic carbocycles. The van der Waals surface area contributed by atoms with Crippen molar-refractivity contribution in [3.05, 3.63) is 408 Å². The van der Waals surface area contributed by atoms with Crippen molar-refractivity contribution < 1.29 is 32.0 Å². The van der Waals surface area contributed by atoms with Gasteiger partial charge in [0.05, 0.1) is 21.1 Å². The minimum absolute atomic E-state index is 0.446. The van der Waals surface area contributed by atoms with E-state index in [2.05, 4.69) is 569 Å². The topological polar surface area (TPSA) is 56.7 Å². The number of imidazole rings is 3. The van der Waals surface area contributed by atoms with E-state index in [0.29, 0.717) is 23.7 Å². The van der Waals surface area contributed by atoms with Gasteiger partial charge in [-0.1, -0.05) is 195 Å². The summed E-state index contributed by atoms with van der Waals surface area (Å²) in [7, 11) is 21.0. The predicted molar refractivity (Wildman–Crippen MR) is 533 cm³/mol. The van der Waals surface area contributed by atoms with Crippen LogP contribution >= 0.6 is 0 Å². The molecule has 0 N–H and O–H groups in total. The highest BCUT2D eigenvalue weighted by Crippen LogP contribution is 2.38. The Labute approximate surface area is 768 Å². The number of nitrogens with zero attached hydrogens (tertiary/aromatic N) is 13. The summed E-state index contributed by atoms with van der Waals surface area (Å²) in [6, 6.07) is 98.5. The van der Waals surface area contributed by atoms with Crippen LogP contribution in [0.5, 0.6) is 0 Å². The number of benzene rings is 8. The smallest absolute Gasteiger partial charge is 0.311 e. The highest BCUT2D eigenvalue weighted by molar-refractivity contribution is 5.80. The summed E-state index contributed by atoms with van der Waals surface area (Å²) in [5, 5.41) is 0. The van der Waals surface area contributed by atoms with E-state index in [1.54, 1.807) is 0 Å². The van der Waals surface area contributed by atoms with E-state index in [0.717, 1.165) is 0 Å². The van der Waals surface area contributed by atoms with Gasteiger partial charge in [-0.3, -0.25) is 0 Å². The first-order valence-electron chi connectivity index (χ1n) is 45.3. The van der Waals surface area contributed by atoms with Crippen LogP contribution in [-0.4, -0.2) is 27.4 Å². The number of fused-ring (bicyclic) bond motifs is 1. The molecule has 0 atom stereocenters. The van der Waals surface area contributed by atoms with Gasteiger partial charge in [0.15, 0.2) is 35.8 Å². The molecule has 0 radical (unpaired) electrons. The second-order valence-electron chi connectivity index (χ2n) is 35.5. The summed E-state index contributed by atoms with van der Waals surface area (Å²) in [4.78, 5) is 0. The van der Waals surface area contributed by atoms with Gasteiger partial charge in [-0.2, -0.15) is 13.7 Å². The Balaban J connectivity index is 0.000000139. The van der Waals surface area contributed by atoms with E-state index in [4.69, 9.17) is 0 Å². The molecule has 0 saturated carbocycles. The minimum Gasteiger partial charge on any atom is -0.344 e. The van der Waals surface area contributed by atoms with Crippen molar-refractivity contribution in [3.63, 3.8) is 0 Å². The molecule has 10 aromatic heterocycles. The van der Waals surface area contributed by atoms with Crippen molar-refractivity contribution in [2.24, 2.45) is 70.5 Å². The molecule has 658 valence electrons. The first-order chi connectivity index (χ1) is 61.9. The molecule has 10 heterocycles. The number of hydrogen-bond acceptors (Lipinski definition) is 0. The Morgan fingerprint density at radius 1 is 0.264 bits per heavy atom. The number of para-hydroxylation sites is 5. The van der Waals surface area contributed by atoms with E-state index in [1.165, 1.54) is 169 Å². The Kier molecular flexibility index (Phi) is 31.4. The average molecular weight is 1710 g/mol. The lowest BCUT2D eigenvalue weighted by molar-refractivity contribution is -0.660. The van der Waals surface area contributed by atoms with Crippen LogP contribution in [0.1, 0.15) is 140 Å². The monoisotopic (exact) mass is 1710 g/mol. The van der Waals surface area contributed by atoms with E-state index in [-0.39, 0.29) is 0 Å². The summed E-state index contributed by atoms with van der Waals surface area (Å²) in [5.74, 6) is 5.44. The molecular formula is C116H136N13+7. The summed E-state index contributed by atoms with van der Waals surface area (Å²) in [6.45, 7) is 33.2.